The molecule has 1 N–H and O–H groups in total. The molecular formula is C9H14N4O2. The number of piperidine rings is 1. The lowest BCUT2D eigenvalue weighted by Gasteiger charge is -2.26. The Bertz CT molecular complexity index is 331. The van der Waals surface area contributed by atoms with Gasteiger partial charge in [-0.2, -0.15) is 0 Å². The summed E-state index contributed by atoms with van der Waals surface area (Å²) < 4.78 is 5.32. The van der Waals surface area contributed by atoms with Crippen LogP contribution in [0.5, 0.6) is 0 Å². The van der Waals surface area contributed by atoms with E-state index < -0.39 is 0 Å². The Morgan fingerprint density at radius 3 is 2.87 bits per heavy atom. The fraction of sp³-hybridized carbons (Fsp3) is 0.667. The maximum atomic E-state index is 10.2. The van der Waals surface area contributed by atoms with Crippen molar-refractivity contribution in [2.24, 2.45) is 0 Å². The molecule has 1 fully saturated rings. The van der Waals surface area contributed by atoms with E-state index in [0.29, 0.717) is 18.2 Å². The van der Waals surface area contributed by atoms with Crippen LogP contribution in [0, 0.1) is 0 Å². The second kappa shape index (κ2) is 4.39. The van der Waals surface area contributed by atoms with Crippen LogP contribution < -0.4 is 5.32 Å². The summed E-state index contributed by atoms with van der Waals surface area (Å²) >= 11 is 0. The summed E-state index contributed by atoms with van der Waals surface area (Å²) in [6.07, 6.45) is 2.59. The van der Waals surface area contributed by atoms with Crippen LogP contribution in [0.3, 0.4) is 0 Å². The van der Waals surface area contributed by atoms with Crippen LogP contribution >= 0.6 is 0 Å². The van der Waals surface area contributed by atoms with Gasteiger partial charge >= 0.3 is 6.01 Å². The summed E-state index contributed by atoms with van der Waals surface area (Å²) in [6.45, 7) is 2.09. The van der Waals surface area contributed by atoms with Gasteiger partial charge in [0.25, 0.3) is 0 Å². The van der Waals surface area contributed by atoms with Crippen molar-refractivity contribution in [1.29, 1.82) is 0 Å². The Morgan fingerprint density at radius 2 is 2.20 bits per heavy atom. The fourth-order valence-corrected chi connectivity index (χ4v) is 1.76. The molecule has 0 spiro atoms. The molecule has 1 saturated heterocycles. The Labute approximate surface area is 87.7 Å². The molecule has 1 aliphatic heterocycles. The molecule has 0 aliphatic carbocycles. The van der Waals surface area contributed by atoms with E-state index in [-0.39, 0.29) is 6.01 Å². The van der Waals surface area contributed by atoms with Gasteiger partial charge in [0.05, 0.1) is 0 Å². The first-order chi connectivity index (χ1) is 7.29. The van der Waals surface area contributed by atoms with Crippen LogP contribution in [0.15, 0.2) is 4.42 Å². The van der Waals surface area contributed by atoms with E-state index in [1.165, 1.54) is 0 Å². The number of hydrogen-bond acceptors (Lipinski definition) is 5. The van der Waals surface area contributed by atoms with E-state index in [2.05, 4.69) is 27.5 Å². The standard InChI is InChI=1S/C9H14N4O2/c1-13-4-2-7(3-5-13)8-11-12-9(15-8)10-6-14/h6-7H,2-5H2,1H3,(H,10,12,14). The van der Waals surface area contributed by atoms with Crippen LogP contribution in [0.25, 0.3) is 0 Å². The maximum Gasteiger partial charge on any atom is 0.322 e. The first-order valence-electron chi connectivity index (χ1n) is 5.01. The number of likely N-dealkylation sites (tertiary alicyclic amines) is 1. The van der Waals surface area contributed by atoms with Crippen molar-refractivity contribution in [2.75, 3.05) is 25.5 Å². The molecule has 2 heterocycles. The van der Waals surface area contributed by atoms with Crippen molar-refractivity contribution in [3.63, 3.8) is 0 Å². The number of anilines is 1. The lowest BCUT2D eigenvalue weighted by Crippen LogP contribution is -2.29. The van der Waals surface area contributed by atoms with Crippen molar-refractivity contribution >= 4 is 12.4 Å². The van der Waals surface area contributed by atoms with Gasteiger partial charge in [-0.1, -0.05) is 5.10 Å². The van der Waals surface area contributed by atoms with Crippen molar-refractivity contribution in [3.8, 4) is 0 Å². The zero-order valence-corrected chi connectivity index (χ0v) is 8.64. The number of aromatic nitrogens is 2. The molecule has 1 aliphatic rings. The molecule has 1 aromatic heterocycles. The van der Waals surface area contributed by atoms with E-state index in [0.717, 1.165) is 25.9 Å². The largest absolute Gasteiger partial charge is 0.408 e. The molecule has 0 radical (unpaired) electrons. The van der Waals surface area contributed by atoms with Gasteiger partial charge < -0.3 is 9.32 Å². The monoisotopic (exact) mass is 210 g/mol. The van der Waals surface area contributed by atoms with Crippen molar-refractivity contribution in [2.45, 2.75) is 18.8 Å². The van der Waals surface area contributed by atoms with Gasteiger partial charge in [0.1, 0.15) is 0 Å². The Morgan fingerprint density at radius 1 is 1.47 bits per heavy atom. The predicted molar refractivity (Wildman–Crippen MR) is 53.5 cm³/mol. The molecule has 82 valence electrons. The van der Waals surface area contributed by atoms with Gasteiger partial charge in [-0.25, -0.2) is 0 Å². The molecule has 0 bridgehead atoms. The second-order valence-corrected chi connectivity index (χ2v) is 3.79. The highest BCUT2D eigenvalue weighted by Crippen LogP contribution is 2.26. The molecule has 2 rings (SSSR count). The van der Waals surface area contributed by atoms with E-state index in [1.807, 2.05) is 0 Å². The fourth-order valence-electron chi connectivity index (χ4n) is 1.76. The summed E-state index contributed by atoms with van der Waals surface area (Å²) in [5, 5.41) is 10.00. The molecule has 6 heteroatoms. The molecule has 0 aromatic carbocycles. The molecule has 0 atom stereocenters. The molecule has 15 heavy (non-hydrogen) atoms. The number of hydrogen-bond donors (Lipinski definition) is 1. The van der Waals surface area contributed by atoms with Crippen molar-refractivity contribution < 1.29 is 9.21 Å². The predicted octanol–water partition coefficient (Wildman–Crippen LogP) is 0.447. The number of rotatable bonds is 3. The van der Waals surface area contributed by atoms with E-state index in [9.17, 15) is 4.79 Å². The molecule has 6 nitrogen and oxygen atoms in total. The Kier molecular flexibility index (Phi) is 2.96. The average Bonchev–Trinajstić information content (AvgIpc) is 2.68. The molecule has 1 aromatic rings. The number of carbonyl (C=O) groups is 1. The third kappa shape index (κ3) is 2.33. The summed E-state index contributed by atoms with van der Waals surface area (Å²) in [6, 6.07) is 0.180. The zero-order chi connectivity index (χ0) is 10.7. The smallest absolute Gasteiger partial charge is 0.322 e. The lowest BCUT2D eigenvalue weighted by atomic mass is 9.97. The van der Waals surface area contributed by atoms with E-state index >= 15 is 0 Å². The van der Waals surface area contributed by atoms with Gasteiger partial charge in [0, 0.05) is 5.92 Å². The van der Waals surface area contributed by atoms with Crippen LogP contribution in [0.2, 0.25) is 0 Å². The van der Waals surface area contributed by atoms with Crippen molar-refractivity contribution in [3.05, 3.63) is 5.89 Å². The molecule has 0 saturated carbocycles. The normalized spacial score (nSPS) is 19.0. The minimum absolute atomic E-state index is 0.180. The van der Waals surface area contributed by atoms with Gasteiger partial charge in [-0.05, 0) is 33.0 Å². The number of carbonyl (C=O) groups excluding carboxylic acids is 1. The maximum absolute atomic E-state index is 10.2. The third-order valence-corrected chi connectivity index (χ3v) is 2.69. The topological polar surface area (TPSA) is 71.3 Å². The minimum atomic E-state index is 0.180. The van der Waals surface area contributed by atoms with Crippen LogP contribution in [-0.2, 0) is 4.79 Å². The second-order valence-electron chi connectivity index (χ2n) is 3.79. The highest BCUT2D eigenvalue weighted by molar-refractivity contribution is 5.65. The Balaban J connectivity index is 1.99. The van der Waals surface area contributed by atoms with E-state index in [4.69, 9.17) is 4.42 Å². The van der Waals surface area contributed by atoms with E-state index in [1.54, 1.807) is 0 Å². The summed E-state index contributed by atoms with van der Waals surface area (Å²) in [5.74, 6) is 0.961. The first kappa shape index (κ1) is 10.1. The summed E-state index contributed by atoms with van der Waals surface area (Å²) in [5.41, 5.74) is 0. The van der Waals surface area contributed by atoms with Gasteiger partial charge in [0.15, 0.2) is 0 Å². The molecule has 0 unspecified atom stereocenters. The lowest BCUT2D eigenvalue weighted by molar-refractivity contribution is -0.105. The minimum Gasteiger partial charge on any atom is -0.408 e. The van der Waals surface area contributed by atoms with Crippen molar-refractivity contribution in [1.82, 2.24) is 15.1 Å². The summed E-state index contributed by atoms with van der Waals surface area (Å²) in [4.78, 5) is 12.4. The van der Waals surface area contributed by atoms with Gasteiger partial charge in [0.2, 0.25) is 12.3 Å². The number of nitrogens with zero attached hydrogens (tertiary/aromatic N) is 3. The number of amides is 1. The SMILES string of the molecule is CN1CCC(c2nnc(NC=O)o2)CC1. The number of nitrogens with one attached hydrogen (secondary N) is 1. The quantitative estimate of drug-likeness (QED) is 0.733. The zero-order valence-electron chi connectivity index (χ0n) is 8.64. The van der Waals surface area contributed by atoms with Crippen LogP contribution in [-0.4, -0.2) is 41.6 Å². The third-order valence-electron chi connectivity index (χ3n) is 2.69. The molecular weight excluding hydrogens is 196 g/mol. The van der Waals surface area contributed by atoms with Gasteiger partial charge in [-0.3, -0.25) is 10.1 Å². The highest BCUT2D eigenvalue weighted by atomic mass is 16.4. The average molecular weight is 210 g/mol. The summed E-state index contributed by atoms with van der Waals surface area (Å²) in [7, 11) is 2.10. The first-order valence-corrected chi connectivity index (χ1v) is 5.01. The Hall–Kier alpha value is -1.43. The van der Waals surface area contributed by atoms with Gasteiger partial charge in [-0.15, -0.1) is 5.10 Å². The molecule has 1 amide bonds. The highest BCUT2D eigenvalue weighted by Gasteiger charge is 2.23. The van der Waals surface area contributed by atoms with Crippen LogP contribution in [0.4, 0.5) is 6.01 Å². The van der Waals surface area contributed by atoms with Crippen LogP contribution in [0.1, 0.15) is 24.7 Å².